The summed E-state index contributed by atoms with van der Waals surface area (Å²) in [5.41, 5.74) is 6.23. The Bertz CT molecular complexity index is 425. The number of hydrogen-bond acceptors (Lipinski definition) is 2. The first kappa shape index (κ1) is 13.4. The van der Waals surface area contributed by atoms with Crippen molar-refractivity contribution in [2.75, 3.05) is 12.3 Å². The van der Waals surface area contributed by atoms with Gasteiger partial charge in [0.05, 0.1) is 15.7 Å². The molecule has 0 saturated heterocycles. The summed E-state index contributed by atoms with van der Waals surface area (Å²) in [7, 11) is 0. The molecule has 1 amide bonds. The Morgan fingerprint density at radius 1 is 1.50 bits per heavy atom. The minimum atomic E-state index is -0.286. The van der Waals surface area contributed by atoms with Crippen LogP contribution in [0.25, 0.3) is 0 Å². The van der Waals surface area contributed by atoms with Gasteiger partial charge in [-0.25, -0.2) is 0 Å². The molecular weight excluding hydrogens is 315 g/mol. The van der Waals surface area contributed by atoms with Crippen molar-refractivity contribution in [3.63, 3.8) is 0 Å². The normalized spacial score (nSPS) is 9.94. The molecule has 0 aliphatic carbocycles. The van der Waals surface area contributed by atoms with Crippen molar-refractivity contribution in [1.29, 1.82) is 0 Å². The Labute approximate surface area is 112 Å². The van der Waals surface area contributed by atoms with Crippen molar-refractivity contribution in [2.45, 2.75) is 0 Å². The fourth-order valence-corrected chi connectivity index (χ4v) is 1.50. The molecule has 1 aromatic carbocycles. The fourth-order valence-electron chi connectivity index (χ4n) is 1.02. The zero-order valence-electron chi connectivity index (χ0n) is 8.19. The molecule has 0 aromatic heterocycles. The predicted octanol–water partition coefficient (Wildman–Crippen LogP) is 3.21. The van der Waals surface area contributed by atoms with E-state index < -0.39 is 0 Å². The van der Waals surface area contributed by atoms with Crippen LogP contribution in [0.5, 0.6) is 0 Å². The molecule has 0 bridgehead atoms. The first-order valence-electron chi connectivity index (χ1n) is 4.28. The first-order chi connectivity index (χ1) is 7.41. The molecule has 86 valence electrons. The van der Waals surface area contributed by atoms with E-state index in [-0.39, 0.29) is 21.6 Å². The van der Waals surface area contributed by atoms with E-state index in [9.17, 15) is 4.79 Å². The molecule has 16 heavy (non-hydrogen) atoms. The first-order valence-corrected chi connectivity index (χ1v) is 5.82. The van der Waals surface area contributed by atoms with Crippen molar-refractivity contribution in [1.82, 2.24) is 5.32 Å². The molecule has 6 heteroatoms. The maximum Gasteiger partial charge on any atom is 0.251 e. The van der Waals surface area contributed by atoms with E-state index in [1.807, 2.05) is 0 Å². The second kappa shape index (κ2) is 5.57. The zero-order chi connectivity index (χ0) is 12.3. The fraction of sp³-hybridized carbons (Fsp3) is 0.100. The summed E-state index contributed by atoms with van der Waals surface area (Å²) in [5.74, 6) is -0.286. The Kier molecular flexibility index (Phi) is 4.65. The van der Waals surface area contributed by atoms with Crippen molar-refractivity contribution in [3.8, 4) is 0 Å². The summed E-state index contributed by atoms with van der Waals surface area (Å²) < 4.78 is 0.675. The van der Waals surface area contributed by atoms with E-state index in [0.717, 1.165) is 0 Å². The van der Waals surface area contributed by atoms with Crippen LogP contribution in [0.2, 0.25) is 10.0 Å². The lowest BCUT2D eigenvalue weighted by Crippen LogP contribution is -2.24. The number of halogens is 3. The lowest BCUT2D eigenvalue weighted by atomic mass is 10.2. The number of carbonyl (C=O) groups is 1. The van der Waals surface area contributed by atoms with E-state index in [2.05, 4.69) is 27.8 Å². The number of amides is 1. The lowest BCUT2D eigenvalue weighted by Gasteiger charge is -2.07. The SMILES string of the molecule is C=C(Br)CNC(=O)c1cc(N)c(Cl)c(Cl)c1. The van der Waals surface area contributed by atoms with Gasteiger partial charge in [-0.15, -0.1) is 0 Å². The summed E-state index contributed by atoms with van der Waals surface area (Å²) in [4.78, 5) is 11.6. The summed E-state index contributed by atoms with van der Waals surface area (Å²) in [6, 6.07) is 2.94. The van der Waals surface area contributed by atoms with Gasteiger partial charge in [0, 0.05) is 16.6 Å². The molecule has 1 aromatic rings. The molecule has 0 unspecified atom stereocenters. The third-order valence-corrected chi connectivity index (χ3v) is 2.86. The summed E-state index contributed by atoms with van der Waals surface area (Å²) in [5, 5.41) is 3.14. The van der Waals surface area contributed by atoms with E-state index in [0.29, 0.717) is 16.6 Å². The highest BCUT2D eigenvalue weighted by Gasteiger charge is 2.10. The quantitative estimate of drug-likeness (QED) is 0.839. The van der Waals surface area contributed by atoms with E-state index >= 15 is 0 Å². The largest absolute Gasteiger partial charge is 0.397 e. The van der Waals surface area contributed by atoms with Gasteiger partial charge in [0.2, 0.25) is 0 Å². The Balaban J connectivity index is 2.88. The monoisotopic (exact) mass is 322 g/mol. The maximum atomic E-state index is 11.6. The van der Waals surface area contributed by atoms with Crippen LogP contribution in [0, 0.1) is 0 Å². The summed E-state index contributed by atoms with van der Waals surface area (Å²) in [6.45, 7) is 3.93. The van der Waals surface area contributed by atoms with Gasteiger partial charge >= 0.3 is 0 Å². The standard InChI is InChI=1S/C10H9BrCl2N2O/c1-5(11)4-15-10(16)6-2-7(12)9(13)8(14)3-6/h2-3H,1,4,14H2,(H,15,16). The second-order valence-electron chi connectivity index (χ2n) is 3.06. The van der Waals surface area contributed by atoms with Crippen LogP contribution in [-0.4, -0.2) is 12.5 Å². The Hall–Kier alpha value is -0.710. The molecule has 0 heterocycles. The third kappa shape index (κ3) is 3.40. The number of benzene rings is 1. The number of nitrogens with two attached hydrogens (primary N) is 1. The lowest BCUT2D eigenvalue weighted by molar-refractivity contribution is 0.0958. The molecule has 0 fully saturated rings. The van der Waals surface area contributed by atoms with Crippen LogP contribution >= 0.6 is 39.1 Å². The highest BCUT2D eigenvalue weighted by molar-refractivity contribution is 9.11. The van der Waals surface area contributed by atoms with Gasteiger partial charge in [0.15, 0.2) is 0 Å². The zero-order valence-corrected chi connectivity index (χ0v) is 11.3. The molecule has 1 rings (SSSR count). The van der Waals surface area contributed by atoms with Crippen LogP contribution in [0.4, 0.5) is 5.69 Å². The smallest absolute Gasteiger partial charge is 0.251 e. The molecule has 0 spiro atoms. The summed E-state index contributed by atoms with van der Waals surface area (Å²) >= 11 is 14.7. The van der Waals surface area contributed by atoms with Crippen LogP contribution in [0.3, 0.4) is 0 Å². The van der Waals surface area contributed by atoms with Crippen molar-refractivity contribution >= 4 is 50.7 Å². The highest BCUT2D eigenvalue weighted by Crippen LogP contribution is 2.29. The van der Waals surface area contributed by atoms with Crippen LogP contribution in [-0.2, 0) is 0 Å². The van der Waals surface area contributed by atoms with Crippen LogP contribution < -0.4 is 11.1 Å². The van der Waals surface area contributed by atoms with Crippen LogP contribution in [0.1, 0.15) is 10.4 Å². The highest BCUT2D eigenvalue weighted by atomic mass is 79.9. The van der Waals surface area contributed by atoms with Gasteiger partial charge in [-0.05, 0) is 12.1 Å². The van der Waals surface area contributed by atoms with Gasteiger partial charge < -0.3 is 11.1 Å². The average Bonchev–Trinajstić information content (AvgIpc) is 2.21. The van der Waals surface area contributed by atoms with Gasteiger partial charge in [-0.3, -0.25) is 4.79 Å². The molecular formula is C10H9BrCl2N2O. The number of rotatable bonds is 3. The number of nitrogen functional groups attached to an aromatic ring is 1. The molecule has 0 radical (unpaired) electrons. The molecule has 0 saturated carbocycles. The van der Waals surface area contributed by atoms with E-state index in [1.54, 1.807) is 0 Å². The number of hydrogen-bond donors (Lipinski definition) is 2. The van der Waals surface area contributed by atoms with E-state index in [4.69, 9.17) is 28.9 Å². The molecule has 3 N–H and O–H groups in total. The third-order valence-electron chi connectivity index (χ3n) is 1.76. The minimum Gasteiger partial charge on any atom is -0.397 e. The van der Waals surface area contributed by atoms with Crippen molar-refractivity contribution < 1.29 is 4.79 Å². The molecule has 0 atom stereocenters. The second-order valence-corrected chi connectivity index (χ2v) is 4.97. The average molecular weight is 324 g/mol. The maximum absolute atomic E-state index is 11.6. The Morgan fingerprint density at radius 3 is 2.62 bits per heavy atom. The molecule has 3 nitrogen and oxygen atoms in total. The minimum absolute atomic E-state index is 0.253. The van der Waals surface area contributed by atoms with Gasteiger partial charge in [-0.1, -0.05) is 45.7 Å². The molecule has 0 aliphatic rings. The van der Waals surface area contributed by atoms with E-state index in [1.165, 1.54) is 12.1 Å². The number of carbonyl (C=O) groups excluding carboxylic acids is 1. The van der Waals surface area contributed by atoms with Crippen molar-refractivity contribution in [3.05, 3.63) is 38.8 Å². The van der Waals surface area contributed by atoms with Crippen LogP contribution in [0.15, 0.2) is 23.2 Å². The van der Waals surface area contributed by atoms with Crippen molar-refractivity contribution in [2.24, 2.45) is 0 Å². The number of anilines is 1. The van der Waals surface area contributed by atoms with Gasteiger partial charge in [0.1, 0.15) is 0 Å². The number of nitrogens with one attached hydrogen (secondary N) is 1. The van der Waals surface area contributed by atoms with Gasteiger partial charge in [-0.2, -0.15) is 0 Å². The molecule has 0 aliphatic heterocycles. The topological polar surface area (TPSA) is 55.1 Å². The summed E-state index contributed by atoms with van der Waals surface area (Å²) in [6.07, 6.45) is 0. The van der Waals surface area contributed by atoms with Gasteiger partial charge in [0.25, 0.3) is 5.91 Å². The Morgan fingerprint density at radius 2 is 2.12 bits per heavy atom. The predicted molar refractivity (Wildman–Crippen MR) is 71.3 cm³/mol.